The van der Waals surface area contributed by atoms with Crippen molar-refractivity contribution in [2.75, 3.05) is 52.4 Å². The summed E-state index contributed by atoms with van der Waals surface area (Å²) in [5, 5.41) is 0. The molecule has 0 saturated carbocycles. The molecule has 0 saturated heterocycles. The van der Waals surface area contributed by atoms with E-state index in [-0.39, 0.29) is 27.3 Å². The van der Waals surface area contributed by atoms with Crippen molar-refractivity contribution in [1.82, 2.24) is 19.6 Å². The van der Waals surface area contributed by atoms with Gasteiger partial charge in [-0.3, -0.25) is 0 Å². The molecule has 0 aliphatic heterocycles. The maximum absolute atomic E-state index is 5.36. The van der Waals surface area contributed by atoms with Crippen molar-refractivity contribution in [3.8, 4) is 0 Å². The van der Waals surface area contributed by atoms with E-state index in [1.807, 2.05) is 0 Å². The van der Waals surface area contributed by atoms with Crippen LogP contribution in [0.1, 0.15) is 775 Å². The third-order valence-electron chi connectivity index (χ3n) is 31.3. The molecule has 0 aliphatic rings. The maximum Gasteiger partial charge on any atom is 0.0162 e. The summed E-state index contributed by atoms with van der Waals surface area (Å²) in [6.07, 6.45) is 158. The van der Waals surface area contributed by atoms with Crippen LogP contribution in [0.2, 0.25) is 0 Å². The molecule has 0 unspecified atom stereocenters. The fourth-order valence-electron chi connectivity index (χ4n) is 21.2. The molecule has 0 bridgehead atoms. The van der Waals surface area contributed by atoms with E-state index in [2.05, 4.69) is 75.0 Å². The van der Waals surface area contributed by atoms with Gasteiger partial charge in [0.15, 0.2) is 0 Å². The second kappa shape index (κ2) is 143. The second-order valence-corrected chi connectivity index (χ2v) is 49.9. The van der Waals surface area contributed by atoms with Gasteiger partial charge >= 0.3 is 0 Å². The van der Waals surface area contributed by atoms with Crippen LogP contribution in [0.4, 0.5) is 0 Å². The molecule has 868 valence electrons. The van der Waals surface area contributed by atoms with Crippen molar-refractivity contribution < 1.29 is 0 Å². The summed E-state index contributed by atoms with van der Waals surface area (Å²) < 4.78 is 2.78. The molecule has 0 atom stereocenters. The summed E-state index contributed by atoms with van der Waals surface area (Å²) in [6, 6.07) is 0. The van der Waals surface area contributed by atoms with Gasteiger partial charge in [-0.2, -0.15) is 0 Å². The Kier molecular flexibility index (Phi) is 153. The summed E-state index contributed by atoms with van der Waals surface area (Å²) in [5.74, 6) is 0. The Bertz CT molecular complexity index is 1900. The van der Waals surface area contributed by atoms with Crippen molar-refractivity contribution in [1.29, 1.82) is 0 Å². The monoisotopic (exact) mass is 2370 g/mol. The van der Waals surface area contributed by atoms with E-state index in [1.165, 1.54) is 719 Å². The number of unbranched alkanes of at least 4 members (excludes halogenated alkanes) is 104. The molecule has 0 N–H and O–H groups in total. The normalized spacial score (nSPS) is 11.2. The van der Waals surface area contributed by atoms with Gasteiger partial charge in [0.05, 0.1) is 0 Å². The van der Waals surface area contributed by atoms with Crippen LogP contribution in [-0.4, -0.2) is 117 Å². The Balaban J connectivity index is -0.000000599. The average molecular weight is 2370 g/mol. The zero-order valence-electron chi connectivity index (χ0n) is 100. The zero-order chi connectivity index (χ0) is 105. The fraction of sp³-hybridized carbons (Fsp3) is 0.970. The van der Waals surface area contributed by atoms with Gasteiger partial charge < -0.3 is 119 Å². The van der Waals surface area contributed by atoms with E-state index >= 15 is 0 Å². The molecule has 0 heterocycles. The van der Waals surface area contributed by atoms with Gasteiger partial charge in [0.25, 0.3) is 0 Å². The van der Waals surface area contributed by atoms with Crippen LogP contribution in [-0.2, 0) is 50.5 Å². The molecule has 4 nitrogen and oxygen atoms in total. The van der Waals surface area contributed by atoms with Gasteiger partial charge in [-0.15, -0.1) is 0 Å². The molecule has 4 radical (unpaired) electrons. The van der Waals surface area contributed by atoms with E-state index in [4.69, 9.17) is 99.4 Å². The third kappa shape index (κ3) is 141. The van der Waals surface area contributed by atoms with Crippen LogP contribution in [0, 0.1) is 0 Å². The fourth-order valence-corrected chi connectivity index (χ4v) is 22.6. The SMILES string of the molecule is CCCCCCCCCCCCCCCCN(CCCCCCCCCCCCCCCC)C(=S)[S-].CCCCCCCCCCCCCCCCN(CCCCCCCCCCCCCCCC)C(=S)[S-].CCCCCCCCCCCCCCCCN(CCCCCCCCCCCCCCCC)C(=S)[S-].CCCCCCCCCCCCCCCCN(CCCCCCCCCCCCCCCC)C(=S)[S-].[Pb]. The Hall–Kier alpha value is 1.36. The molecule has 0 amide bonds. The first kappa shape index (κ1) is 155. The van der Waals surface area contributed by atoms with Gasteiger partial charge in [-0.1, -0.05) is 740 Å². The van der Waals surface area contributed by atoms with Crippen LogP contribution >= 0.6 is 48.9 Å². The van der Waals surface area contributed by atoms with Crippen molar-refractivity contribution in [2.24, 2.45) is 0 Å². The molecule has 0 aromatic rings. The summed E-state index contributed by atoms with van der Waals surface area (Å²) >= 11 is 42.9. The number of thiocarbonyl (C=S) groups is 4. The zero-order valence-corrected chi connectivity index (χ0v) is 111. The van der Waals surface area contributed by atoms with Crippen LogP contribution < -0.4 is 0 Å². The number of hydrogen-bond acceptors (Lipinski definition) is 8. The minimum absolute atomic E-state index is 0. The standard InChI is InChI=1S/4C33H67NS2.Pb/c4*1-3-5-7-9-11-13-15-17-19-21-23-25-27-29-31-34(33(35)36)32-30-28-26-24-22-20-18-16-14-12-10-8-6-4-2;/h4*3-32H2,1-2H3,(H,35,36);/p-4. The van der Waals surface area contributed by atoms with Crippen LogP contribution in [0.25, 0.3) is 0 Å². The molecule has 0 spiro atoms. The van der Waals surface area contributed by atoms with Gasteiger partial charge in [0.1, 0.15) is 0 Å². The number of rotatable bonds is 120. The summed E-state index contributed by atoms with van der Waals surface area (Å²) in [7, 11) is 0. The van der Waals surface area contributed by atoms with Crippen LogP contribution in [0.5, 0.6) is 0 Å². The average Bonchev–Trinajstić information content (AvgIpc) is 0.978. The van der Waals surface area contributed by atoms with E-state index < -0.39 is 0 Å². The molecular weight excluding hydrogens is 2110 g/mol. The largest absolute Gasteiger partial charge is 0.411 e. The summed E-state index contributed by atoms with van der Waals surface area (Å²) in [4.78, 5) is 9.19. The first-order chi connectivity index (χ1) is 70.9. The van der Waals surface area contributed by atoms with E-state index in [1.54, 1.807) is 0 Å². The molecular formula is C132H264N4PbS8-4. The predicted octanol–water partition coefficient (Wildman–Crippen LogP) is 48.0. The third-order valence-corrected chi connectivity index (χ3v) is 33.4. The van der Waals surface area contributed by atoms with Gasteiger partial charge in [-0.25, -0.2) is 0 Å². The molecule has 0 aromatic heterocycles. The van der Waals surface area contributed by atoms with Crippen molar-refractivity contribution in [3.63, 3.8) is 0 Å². The molecule has 0 rings (SSSR count). The number of hydrogen-bond donors (Lipinski definition) is 0. The molecule has 13 heteroatoms. The van der Waals surface area contributed by atoms with Crippen LogP contribution in [0.3, 0.4) is 0 Å². The van der Waals surface area contributed by atoms with E-state index in [9.17, 15) is 0 Å². The van der Waals surface area contributed by atoms with Gasteiger partial charge in [-0.05, 0) is 51.4 Å². The minimum Gasteiger partial charge on any atom is -0.411 e. The second-order valence-electron chi connectivity index (χ2n) is 45.8. The van der Waals surface area contributed by atoms with Crippen LogP contribution in [0.15, 0.2) is 0 Å². The topological polar surface area (TPSA) is 13.0 Å². The van der Waals surface area contributed by atoms with Gasteiger partial charge in [0.2, 0.25) is 0 Å². The minimum atomic E-state index is 0. The molecule has 145 heavy (non-hydrogen) atoms. The van der Waals surface area contributed by atoms with E-state index in [0.717, 1.165) is 52.4 Å². The first-order valence-electron chi connectivity index (χ1n) is 66.7. The van der Waals surface area contributed by atoms with Crippen molar-refractivity contribution in [3.05, 3.63) is 0 Å². The Morgan fingerprint density at radius 2 is 0.152 bits per heavy atom. The number of nitrogens with zero attached hydrogens (tertiary/aromatic N) is 4. The van der Waals surface area contributed by atoms with Crippen molar-refractivity contribution in [2.45, 2.75) is 775 Å². The predicted molar refractivity (Wildman–Crippen MR) is 694 cm³/mol. The summed E-state index contributed by atoms with van der Waals surface area (Å²) in [5.41, 5.74) is 0. The van der Waals surface area contributed by atoms with Gasteiger partial charge in [0, 0.05) is 79.7 Å². The van der Waals surface area contributed by atoms with Crippen molar-refractivity contribution >= 4 is 144 Å². The Morgan fingerprint density at radius 3 is 0.200 bits per heavy atom. The maximum atomic E-state index is 5.36. The Morgan fingerprint density at radius 1 is 0.103 bits per heavy atom. The molecule has 0 aromatic carbocycles. The summed E-state index contributed by atoms with van der Waals surface area (Å²) in [6.45, 7) is 27.0. The first-order valence-corrected chi connectivity index (χ1v) is 70.0. The molecule has 0 aliphatic carbocycles. The van der Waals surface area contributed by atoms with E-state index in [0.29, 0.717) is 17.3 Å². The molecule has 0 fully saturated rings. The Labute approximate surface area is 981 Å². The smallest absolute Gasteiger partial charge is 0.0162 e. The quantitative estimate of drug-likeness (QED) is 0.0249.